The highest BCUT2D eigenvalue weighted by Gasteiger charge is 2.05. The second kappa shape index (κ2) is 8.77. The lowest BCUT2D eigenvalue weighted by atomic mass is 10.2. The Kier molecular flexibility index (Phi) is 6.40. The molecule has 0 fully saturated rings. The predicted octanol–water partition coefficient (Wildman–Crippen LogP) is 2.71. The second-order valence-corrected chi connectivity index (χ2v) is 4.99. The third kappa shape index (κ3) is 4.98. The van der Waals surface area contributed by atoms with Gasteiger partial charge in [-0.25, -0.2) is 0 Å². The summed E-state index contributed by atoms with van der Waals surface area (Å²) in [6.07, 6.45) is 3.80. The van der Waals surface area contributed by atoms with Crippen LogP contribution in [0.2, 0.25) is 0 Å². The van der Waals surface area contributed by atoms with Gasteiger partial charge >= 0.3 is 0 Å². The molecule has 2 N–H and O–H groups in total. The maximum absolute atomic E-state index is 5.30. The molecule has 0 unspecified atom stereocenters. The molecule has 124 valence electrons. The van der Waals surface area contributed by atoms with Crippen LogP contribution in [0.15, 0.2) is 24.4 Å². The van der Waals surface area contributed by atoms with Crippen molar-refractivity contribution in [1.29, 1.82) is 0 Å². The van der Waals surface area contributed by atoms with Gasteiger partial charge in [0.05, 0.1) is 20.4 Å². The molecule has 0 aliphatic rings. The number of ether oxygens (including phenoxy) is 2. The standard InChI is InChI=1S/C16H23N5O2/c1-4-5-8-17-16-20-15(11-19-21-16)18-10-12-6-7-13(22-2)14(9-12)23-3/h6-7,9,11H,4-5,8,10H2,1-3H3,(H2,17,18,20,21). The lowest BCUT2D eigenvalue weighted by Gasteiger charge is -2.11. The van der Waals surface area contributed by atoms with Gasteiger partial charge in [-0.1, -0.05) is 19.4 Å². The first-order valence-electron chi connectivity index (χ1n) is 7.65. The monoisotopic (exact) mass is 317 g/mol. The molecule has 0 amide bonds. The SMILES string of the molecule is CCCCNc1nncc(NCc2ccc(OC)c(OC)c2)n1. The summed E-state index contributed by atoms with van der Waals surface area (Å²) in [6, 6.07) is 5.79. The zero-order valence-corrected chi connectivity index (χ0v) is 13.8. The van der Waals surface area contributed by atoms with E-state index < -0.39 is 0 Å². The molecule has 23 heavy (non-hydrogen) atoms. The number of hydrogen-bond donors (Lipinski definition) is 2. The zero-order valence-electron chi connectivity index (χ0n) is 13.8. The molecule has 0 aliphatic carbocycles. The molecule has 0 saturated carbocycles. The van der Waals surface area contributed by atoms with Gasteiger partial charge in [-0.3, -0.25) is 0 Å². The highest BCUT2D eigenvalue weighted by Crippen LogP contribution is 2.27. The third-order valence-electron chi connectivity index (χ3n) is 3.29. The predicted molar refractivity (Wildman–Crippen MR) is 90.1 cm³/mol. The van der Waals surface area contributed by atoms with Crippen molar-refractivity contribution in [3.05, 3.63) is 30.0 Å². The Morgan fingerprint density at radius 3 is 2.65 bits per heavy atom. The zero-order chi connectivity index (χ0) is 16.5. The summed E-state index contributed by atoms with van der Waals surface area (Å²) < 4.78 is 10.5. The van der Waals surface area contributed by atoms with Gasteiger partial charge in [-0.05, 0) is 24.1 Å². The summed E-state index contributed by atoms with van der Waals surface area (Å²) in [5, 5.41) is 14.3. The molecular formula is C16H23N5O2. The van der Waals surface area contributed by atoms with Crippen LogP contribution < -0.4 is 20.1 Å². The number of nitrogens with one attached hydrogen (secondary N) is 2. The number of methoxy groups -OCH3 is 2. The molecule has 0 atom stereocenters. The van der Waals surface area contributed by atoms with E-state index in [1.807, 2.05) is 18.2 Å². The quantitative estimate of drug-likeness (QED) is 0.688. The fraction of sp³-hybridized carbons (Fsp3) is 0.438. The van der Waals surface area contributed by atoms with Crippen LogP contribution in [-0.4, -0.2) is 35.9 Å². The van der Waals surface area contributed by atoms with Gasteiger partial charge in [-0.2, -0.15) is 10.1 Å². The molecule has 0 spiro atoms. The van der Waals surface area contributed by atoms with Crippen molar-refractivity contribution in [3.8, 4) is 11.5 Å². The Labute approximate surface area is 136 Å². The summed E-state index contributed by atoms with van der Waals surface area (Å²) in [6.45, 7) is 3.59. The number of anilines is 2. The van der Waals surface area contributed by atoms with Crippen molar-refractivity contribution in [2.45, 2.75) is 26.3 Å². The topological polar surface area (TPSA) is 81.2 Å². The molecule has 1 aromatic heterocycles. The second-order valence-electron chi connectivity index (χ2n) is 4.99. The number of rotatable bonds is 9. The minimum absolute atomic E-state index is 0.538. The van der Waals surface area contributed by atoms with Crippen molar-refractivity contribution in [1.82, 2.24) is 15.2 Å². The van der Waals surface area contributed by atoms with Crippen molar-refractivity contribution >= 4 is 11.8 Å². The van der Waals surface area contributed by atoms with Gasteiger partial charge in [0.25, 0.3) is 0 Å². The van der Waals surface area contributed by atoms with Gasteiger partial charge in [0.1, 0.15) is 0 Å². The number of unbranched alkanes of at least 4 members (excludes halogenated alkanes) is 1. The van der Waals surface area contributed by atoms with Gasteiger partial charge in [0, 0.05) is 13.1 Å². The van der Waals surface area contributed by atoms with Gasteiger partial charge in [-0.15, -0.1) is 5.10 Å². The maximum atomic E-state index is 5.30. The summed E-state index contributed by atoms with van der Waals surface area (Å²) >= 11 is 0. The minimum Gasteiger partial charge on any atom is -0.493 e. The number of hydrogen-bond acceptors (Lipinski definition) is 7. The first-order valence-corrected chi connectivity index (χ1v) is 7.65. The van der Waals surface area contributed by atoms with Crippen LogP contribution in [0.4, 0.5) is 11.8 Å². The fourth-order valence-electron chi connectivity index (χ4n) is 2.02. The Morgan fingerprint density at radius 1 is 1.09 bits per heavy atom. The largest absolute Gasteiger partial charge is 0.493 e. The molecule has 0 radical (unpaired) electrons. The Bertz CT molecular complexity index is 621. The van der Waals surface area contributed by atoms with Crippen molar-refractivity contribution in [3.63, 3.8) is 0 Å². The molecule has 0 bridgehead atoms. The lowest BCUT2D eigenvalue weighted by molar-refractivity contribution is 0.354. The first-order chi connectivity index (χ1) is 11.3. The number of benzene rings is 1. The summed E-state index contributed by atoms with van der Waals surface area (Å²) in [7, 11) is 3.24. The first kappa shape index (κ1) is 16.8. The van der Waals surface area contributed by atoms with E-state index in [2.05, 4.69) is 32.7 Å². The van der Waals surface area contributed by atoms with Crippen LogP contribution in [0.5, 0.6) is 11.5 Å². The number of aromatic nitrogens is 3. The van der Waals surface area contributed by atoms with E-state index in [1.165, 1.54) is 0 Å². The fourth-order valence-corrected chi connectivity index (χ4v) is 2.02. The molecule has 2 aromatic rings. The smallest absolute Gasteiger partial charge is 0.244 e. The van der Waals surface area contributed by atoms with E-state index in [-0.39, 0.29) is 0 Å². The molecule has 7 heteroatoms. The van der Waals surface area contributed by atoms with Crippen LogP contribution in [-0.2, 0) is 6.54 Å². The van der Waals surface area contributed by atoms with E-state index in [1.54, 1.807) is 20.4 Å². The average Bonchev–Trinajstić information content (AvgIpc) is 2.60. The van der Waals surface area contributed by atoms with Gasteiger partial charge in [0.2, 0.25) is 5.95 Å². The van der Waals surface area contributed by atoms with Crippen molar-refractivity contribution in [2.75, 3.05) is 31.4 Å². The molecule has 1 aromatic carbocycles. The average molecular weight is 317 g/mol. The van der Waals surface area contributed by atoms with Crippen LogP contribution in [0.25, 0.3) is 0 Å². The van der Waals surface area contributed by atoms with E-state index in [4.69, 9.17) is 9.47 Å². The van der Waals surface area contributed by atoms with Crippen LogP contribution in [0.1, 0.15) is 25.3 Å². The van der Waals surface area contributed by atoms with Crippen LogP contribution in [0, 0.1) is 0 Å². The molecule has 0 saturated heterocycles. The summed E-state index contributed by atoms with van der Waals surface area (Å²) in [5.74, 6) is 2.63. The van der Waals surface area contributed by atoms with Gasteiger partial charge in [0.15, 0.2) is 17.3 Å². The lowest BCUT2D eigenvalue weighted by Crippen LogP contribution is -2.09. The number of nitrogens with zero attached hydrogens (tertiary/aromatic N) is 3. The molecular weight excluding hydrogens is 294 g/mol. The van der Waals surface area contributed by atoms with Crippen LogP contribution >= 0.6 is 0 Å². The Hall–Kier alpha value is -2.57. The summed E-state index contributed by atoms with van der Waals surface area (Å²) in [4.78, 5) is 4.38. The molecule has 1 heterocycles. The molecule has 7 nitrogen and oxygen atoms in total. The Balaban J connectivity index is 1.96. The molecule has 2 rings (SSSR count). The van der Waals surface area contributed by atoms with E-state index in [0.29, 0.717) is 29.8 Å². The van der Waals surface area contributed by atoms with E-state index in [0.717, 1.165) is 24.9 Å². The van der Waals surface area contributed by atoms with Crippen molar-refractivity contribution in [2.24, 2.45) is 0 Å². The summed E-state index contributed by atoms with van der Waals surface area (Å²) in [5.41, 5.74) is 1.06. The maximum Gasteiger partial charge on any atom is 0.244 e. The minimum atomic E-state index is 0.538. The Morgan fingerprint density at radius 2 is 1.91 bits per heavy atom. The van der Waals surface area contributed by atoms with Crippen LogP contribution in [0.3, 0.4) is 0 Å². The van der Waals surface area contributed by atoms with Crippen molar-refractivity contribution < 1.29 is 9.47 Å². The normalized spacial score (nSPS) is 10.2. The third-order valence-corrected chi connectivity index (χ3v) is 3.29. The highest BCUT2D eigenvalue weighted by atomic mass is 16.5. The molecule has 0 aliphatic heterocycles. The van der Waals surface area contributed by atoms with Gasteiger partial charge < -0.3 is 20.1 Å². The van der Waals surface area contributed by atoms with E-state index in [9.17, 15) is 0 Å². The highest BCUT2D eigenvalue weighted by molar-refractivity contribution is 5.44. The van der Waals surface area contributed by atoms with E-state index >= 15 is 0 Å².